The number of aliphatic hydroxyl groups is 1. The first-order chi connectivity index (χ1) is 16.6. The summed E-state index contributed by atoms with van der Waals surface area (Å²) in [6.07, 6.45) is 2.16. The minimum atomic E-state index is -4.38. The fraction of sp³-hybridized carbons (Fsp3) is 0.708. The van der Waals surface area contributed by atoms with Gasteiger partial charge in [0.15, 0.2) is 0 Å². The number of halogens is 3. The standard InChI is InChI=1S/C24H29F3N6O2/c25-24(26,27)19-1-4-28-33(19)10-15-6-21(7-15)11-31(12-21)20(34)32-13-22(14-32)8-16(9-22)17-5-18(30-29-17)23(35)2-3-23/h1,4-5,15-16,35H,2-3,6-14H2,(H,29,30). The van der Waals surface area contributed by atoms with Crippen molar-refractivity contribution in [2.45, 2.75) is 62.8 Å². The molecule has 3 saturated carbocycles. The third-order valence-electron chi connectivity index (χ3n) is 9.12. The molecule has 2 aromatic rings. The summed E-state index contributed by atoms with van der Waals surface area (Å²) >= 11 is 0. The van der Waals surface area contributed by atoms with Crippen LogP contribution in [-0.4, -0.2) is 67.1 Å². The van der Waals surface area contributed by atoms with E-state index in [1.807, 2.05) is 15.9 Å². The predicted molar refractivity (Wildman–Crippen MR) is 117 cm³/mol. The molecular formula is C24H29F3N6O2. The number of aromatic amines is 1. The van der Waals surface area contributed by atoms with Gasteiger partial charge >= 0.3 is 12.2 Å². The predicted octanol–water partition coefficient (Wildman–Crippen LogP) is 3.32. The van der Waals surface area contributed by atoms with Gasteiger partial charge in [0.2, 0.25) is 0 Å². The Labute approximate surface area is 200 Å². The molecule has 2 spiro atoms. The zero-order valence-electron chi connectivity index (χ0n) is 19.4. The number of amides is 2. The third kappa shape index (κ3) is 3.41. The van der Waals surface area contributed by atoms with Gasteiger partial charge in [0.05, 0.1) is 5.69 Å². The minimum Gasteiger partial charge on any atom is -0.383 e. The summed E-state index contributed by atoms with van der Waals surface area (Å²) < 4.78 is 40.2. The van der Waals surface area contributed by atoms with Crippen LogP contribution < -0.4 is 0 Å². The van der Waals surface area contributed by atoms with Crippen LogP contribution in [-0.2, 0) is 18.3 Å². The first-order valence-electron chi connectivity index (χ1n) is 12.5. The second-order valence-electron chi connectivity index (χ2n) is 12.0. The number of rotatable bonds is 4. The Morgan fingerprint density at radius 3 is 2.31 bits per heavy atom. The van der Waals surface area contributed by atoms with E-state index in [9.17, 15) is 23.1 Å². The minimum absolute atomic E-state index is 0.0833. The van der Waals surface area contributed by atoms with Crippen LogP contribution in [0, 0.1) is 16.7 Å². The molecule has 0 atom stereocenters. The summed E-state index contributed by atoms with van der Waals surface area (Å²) in [5.74, 6) is 0.596. The van der Waals surface area contributed by atoms with Crippen molar-refractivity contribution >= 4 is 6.03 Å². The van der Waals surface area contributed by atoms with Crippen molar-refractivity contribution in [2.24, 2.45) is 16.7 Å². The van der Waals surface area contributed by atoms with Crippen LogP contribution >= 0.6 is 0 Å². The molecular weight excluding hydrogens is 461 g/mol. The molecule has 2 saturated heterocycles. The van der Waals surface area contributed by atoms with Crippen molar-refractivity contribution in [2.75, 3.05) is 26.2 Å². The molecule has 5 fully saturated rings. The molecule has 5 aliphatic rings. The number of carbonyl (C=O) groups is 1. The van der Waals surface area contributed by atoms with Crippen LogP contribution in [0.25, 0.3) is 0 Å². The van der Waals surface area contributed by atoms with Gasteiger partial charge < -0.3 is 14.9 Å². The van der Waals surface area contributed by atoms with Crippen molar-refractivity contribution in [3.63, 3.8) is 0 Å². The highest BCUT2D eigenvalue weighted by Gasteiger charge is 2.59. The van der Waals surface area contributed by atoms with Gasteiger partial charge in [0.25, 0.3) is 0 Å². The number of nitrogens with zero attached hydrogens (tertiary/aromatic N) is 5. The van der Waals surface area contributed by atoms with E-state index in [1.54, 1.807) is 0 Å². The Hall–Kier alpha value is -2.56. The lowest BCUT2D eigenvalue weighted by molar-refractivity contribution is -0.146. The van der Waals surface area contributed by atoms with E-state index in [0.717, 1.165) is 73.8 Å². The maximum absolute atomic E-state index is 13.1. The molecule has 188 valence electrons. The van der Waals surface area contributed by atoms with Crippen molar-refractivity contribution in [3.05, 3.63) is 35.4 Å². The molecule has 0 bridgehead atoms. The largest absolute Gasteiger partial charge is 0.433 e. The summed E-state index contributed by atoms with van der Waals surface area (Å²) in [7, 11) is 0. The van der Waals surface area contributed by atoms with E-state index in [1.165, 1.54) is 6.20 Å². The van der Waals surface area contributed by atoms with E-state index in [2.05, 4.69) is 15.3 Å². The average molecular weight is 491 g/mol. The number of hydrogen-bond acceptors (Lipinski definition) is 4. The van der Waals surface area contributed by atoms with Gasteiger partial charge in [-0.05, 0) is 56.6 Å². The number of likely N-dealkylation sites (tertiary alicyclic amines) is 2. The first-order valence-corrected chi connectivity index (χ1v) is 12.5. The number of H-pyrrole nitrogens is 1. The first kappa shape index (κ1) is 21.7. The number of hydrogen-bond donors (Lipinski definition) is 2. The number of urea groups is 1. The molecule has 2 amide bonds. The topological polar surface area (TPSA) is 90.3 Å². The second kappa shape index (κ2) is 6.80. The summed E-state index contributed by atoms with van der Waals surface area (Å²) in [5, 5.41) is 21.5. The zero-order chi connectivity index (χ0) is 24.2. The lowest BCUT2D eigenvalue weighted by atomic mass is 9.56. The Balaban J connectivity index is 0.857. The highest BCUT2D eigenvalue weighted by molar-refractivity contribution is 5.77. The fourth-order valence-corrected chi connectivity index (χ4v) is 7.14. The Kier molecular flexibility index (Phi) is 4.22. The Morgan fingerprint density at radius 1 is 1.09 bits per heavy atom. The van der Waals surface area contributed by atoms with Crippen LogP contribution in [0.2, 0.25) is 0 Å². The monoisotopic (exact) mass is 490 g/mol. The van der Waals surface area contributed by atoms with E-state index in [0.29, 0.717) is 19.0 Å². The Bertz CT molecular complexity index is 1160. The van der Waals surface area contributed by atoms with Gasteiger partial charge in [-0.3, -0.25) is 9.78 Å². The van der Waals surface area contributed by atoms with Crippen LogP contribution in [0.3, 0.4) is 0 Å². The molecule has 0 radical (unpaired) electrons. The zero-order valence-corrected chi connectivity index (χ0v) is 19.4. The molecule has 4 heterocycles. The number of alkyl halides is 3. The molecule has 2 N–H and O–H groups in total. The summed E-state index contributed by atoms with van der Waals surface area (Å²) in [4.78, 5) is 16.7. The highest BCUT2D eigenvalue weighted by Crippen LogP contribution is 2.58. The molecule has 3 aliphatic carbocycles. The fourth-order valence-electron chi connectivity index (χ4n) is 7.14. The van der Waals surface area contributed by atoms with Gasteiger partial charge in [-0.25, -0.2) is 4.79 Å². The molecule has 2 aliphatic heterocycles. The summed E-state index contributed by atoms with van der Waals surface area (Å²) in [6, 6.07) is 3.13. The van der Waals surface area contributed by atoms with Gasteiger partial charge in [0, 0.05) is 61.4 Å². The molecule has 0 aromatic carbocycles. The van der Waals surface area contributed by atoms with Crippen molar-refractivity contribution in [1.29, 1.82) is 0 Å². The third-order valence-corrected chi connectivity index (χ3v) is 9.12. The van der Waals surface area contributed by atoms with Crippen molar-refractivity contribution < 1.29 is 23.1 Å². The molecule has 2 aromatic heterocycles. The molecule has 35 heavy (non-hydrogen) atoms. The van der Waals surface area contributed by atoms with Gasteiger partial charge in [-0.1, -0.05) is 0 Å². The lowest BCUT2D eigenvalue weighted by Gasteiger charge is -2.63. The molecule has 0 unspecified atom stereocenters. The Morgan fingerprint density at radius 2 is 1.71 bits per heavy atom. The molecule has 7 rings (SSSR count). The van der Waals surface area contributed by atoms with Gasteiger partial charge in [-0.15, -0.1) is 0 Å². The van der Waals surface area contributed by atoms with Gasteiger partial charge in [-0.2, -0.15) is 23.4 Å². The number of nitrogens with one attached hydrogen (secondary N) is 1. The van der Waals surface area contributed by atoms with Crippen LogP contribution in [0.15, 0.2) is 18.3 Å². The number of carbonyl (C=O) groups excluding carboxylic acids is 1. The SMILES string of the molecule is O=C(N1CC2(CC(Cn3nccc3C(F)(F)F)C2)C1)N1CC2(CC(c3cc(C4(O)CC4)n[nH]3)C2)C1. The van der Waals surface area contributed by atoms with E-state index in [-0.39, 0.29) is 29.3 Å². The van der Waals surface area contributed by atoms with Crippen LogP contribution in [0.1, 0.15) is 61.5 Å². The molecule has 8 nitrogen and oxygen atoms in total. The second-order valence-corrected chi connectivity index (χ2v) is 12.0. The summed E-state index contributed by atoms with van der Waals surface area (Å²) in [5.41, 5.74) is 0.746. The lowest BCUT2D eigenvalue weighted by Crippen LogP contribution is -2.71. The van der Waals surface area contributed by atoms with Crippen molar-refractivity contribution in [3.8, 4) is 0 Å². The smallest absolute Gasteiger partial charge is 0.383 e. The van der Waals surface area contributed by atoms with Crippen LogP contribution in [0.4, 0.5) is 18.0 Å². The van der Waals surface area contributed by atoms with Crippen LogP contribution in [0.5, 0.6) is 0 Å². The normalized spacial score (nSPS) is 26.3. The maximum atomic E-state index is 13.1. The van der Waals surface area contributed by atoms with E-state index < -0.39 is 17.5 Å². The van der Waals surface area contributed by atoms with E-state index in [4.69, 9.17) is 0 Å². The maximum Gasteiger partial charge on any atom is 0.433 e. The average Bonchev–Trinajstić information content (AvgIpc) is 3.09. The van der Waals surface area contributed by atoms with Crippen molar-refractivity contribution in [1.82, 2.24) is 29.8 Å². The highest BCUT2D eigenvalue weighted by atomic mass is 19.4. The summed E-state index contributed by atoms with van der Waals surface area (Å²) in [6.45, 7) is 3.28. The molecule has 11 heteroatoms. The van der Waals surface area contributed by atoms with Gasteiger partial charge in [0.1, 0.15) is 11.3 Å². The number of aromatic nitrogens is 4. The van der Waals surface area contributed by atoms with E-state index >= 15 is 0 Å². The quantitative estimate of drug-likeness (QED) is 0.688.